The van der Waals surface area contributed by atoms with Crippen molar-refractivity contribution >= 4 is 0 Å². The average molecular weight is 241 g/mol. The highest BCUT2D eigenvalue weighted by Crippen LogP contribution is 2.22. The second-order valence-electron chi connectivity index (χ2n) is 5.44. The number of hydrogen-bond donors (Lipinski definition) is 1. The molecule has 1 aliphatic carbocycles. The summed E-state index contributed by atoms with van der Waals surface area (Å²) in [7, 11) is 1.78. The van der Waals surface area contributed by atoms with E-state index in [1.54, 1.807) is 7.11 Å². The first-order valence-electron chi connectivity index (χ1n) is 7.00. The van der Waals surface area contributed by atoms with E-state index in [9.17, 15) is 0 Å². The third-order valence-corrected chi connectivity index (χ3v) is 4.28. The van der Waals surface area contributed by atoms with Crippen molar-refractivity contribution in [2.24, 2.45) is 5.73 Å². The molecule has 1 saturated heterocycles. The molecule has 0 aromatic carbocycles. The van der Waals surface area contributed by atoms with Gasteiger partial charge in [0.05, 0.1) is 6.61 Å². The lowest BCUT2D eigenvalue weighted by atomic mass is 9.90. The predicted octanol–water partition coefficient (Wildman–Crippen LogP) is 0.520. The average Bonchev–Trinajstić information content (AvgIpc) is 2.38. The van der Waals surface area contributed by atoms with Crippen LogP contribution in [0.25, 0.3) is 0 Å². The summed E-state index contributed by atoms with van der Waals surface area (Å²) < 4.78 is 5.13. The Morgan fingerprint density at radius 1 is 1.06 bits per heavy atom. The first kappa shape index (κ1) is 13.3. The van der Waals surface area contributed by atoms with Crippen LogP contribution in [0.1, 0.15) is 25.7 Å². The van der Waals surface area contributed by atoms with Gasteiger partial charge in [-0.15, -0.1) is 0 Å². The molecule has 0 aromatic heterocycles. The molecule has 17 heavy (non-hydrogen) atoms. The monoisotopic (exact) mass is 241 g/mol. The highest BCUT2D eigenvalue weighted by Gasteiger charge is 2.26. The maximum atomic E-state index is 5.96. The molecule has 0 bridgehead atoms. The molecular formula is C13H27N3O. The van der Waals surface area contributed by atoms with E-state index in [2.05, 4.69) is 9.80 Å². The number of hydrogen-bond acceptors (Lipinski definition) is 4. The smallest absolute Gasteiger partial charge is 0.0589 e. The second kappa shape index (κ2) is 6.69. The largest absolute Gasteiger partial charge is 0.383 e. The molecule has 4 heteroatoms. The van der Waals surface area contributed by atoms with Crippen LogP contribution in [0.4, 0.5) is 0 Å². The van der Waals surface area contributed by atoms with Crippen LogP contribution in [-0.2, 0) is 4.74 Å². The van der Waals surface area contributed by atoms with Gasteiger partial charge in [-0.2, -0.15) is 0 Å². The molecule has 0 spiro atoms. The Kier molecular flexibility index (Phi) is 5.22. The van der Waals surface area contributed by atoms with Gasteiger partial charge in [-0.05, 0) is 25.7 Å². The minimum absolute atomic E-state index is 0.467. The van der Waals surface area contributed by atoms with E-state index in [0.717, 1.165) is 19.2 Å². The third kappa shape index (κ3) is 3.91. The number of nitrogens with two attached hydrogens (primary N) is 1. The highest BCUT2D eigenvalue weighted by molar-refractivity contribution is 4.84. The van der Waals surface area contributed by atoms with Gasteiger partial charge in [0.15, 0.2) is 0 Å². The Morgan fingerprint density at radius 2 is 1.71 bits per heavy atom. The maximum Gasteiger partial charge on any atom is 0.0589 e. The van der Waals surface area contributed by atoms with E-state index >= 15 is 0 Å². The summed E-state index contributed by atoms with van der Waals surface area (Å²) in [5, 5.41) is 0. The van der Waals surface area contributed by atoms with Gasteiger partial charge in [-0.1, -0.05) is 0 Å². The summed E-state index contributed by atoms with van der Waals surface area (Å²) in [5.41, 5.74) is 5.96. The van der Waals surface area contributed by atoms with E-state index in [1.165, 1.54) is 51.9 Å². The quantitative estimate of drug-likeness (QED) is 0.779. The van der Waals surface area contributed by atoms with Crippen molar-refractivity contribution < 1.29 is 4.74 Å². The zero-order valence-electron chi connectivity index (χ0n) is 11.1. The fraction of sp³-hybridized carbons (Fsp3) is 1.00. The standard InChI is InChI=1S/C13H27N3O/c1-17-11-10-15-6-8-16(9-7-15)13-4-2-12(14)3-5-13/h12-13H,2-11,14H2,1H3. The van der Waals surface area contributed by atoms with Crippen LogP contribution < -0.4 is 5.73 Å². The van der Waals surface area contributed by atoms with Gasteiger partial charge in [0.1, 0.15) is 0 Å². The Labute approximate surface area is 105 Å². The number of methoxy groups -OCH3 is 1. The lowest BCUT2D eigenvalue weighted by Gasteiger charge is -2.41. The van der Waals surface area contributed by atoms with Crippen LogP contribution in [0.5, 0.6) is 0 Å². The summed E-state index contributed by atoms with van der Waals surface area (Å²) in [6.07, 6.45) is 5.04. The molecule has 0 atom stereocenters. The molecule has 2 aliphatic rings. The predicted molar refractivity (Wildman–Crippen MR) is 70.1 cm³/mol. The van der Waals surface area contributed by atoms with Gasteiger partial charge >= 0.3 is 0 Å². The first-order valence-corrected chi connectivity index (χ1v) is 7.00. The van der Waals surface area contributed by atoms with E-state index in [4.69, 9.17) is 10.5 Å². The molecule has 100 valence electrons. The van der Waals surface area contributed by atoms with Crippen LogP contribution in [0, 0.1) is 0 Å². The molecule has 4 nitrogen and oxygen atoms in total. The lowest BCUT2D eigenvalue weighted by Crippen LogP contribution is -2.52. The zero-order chi connectivity index (χ0) is 12.1. The van der Waals surface area contributed by atoms with Gasteiger partial charge < -0.3 is 10.5 Å². The second-order valence-corrected chi connectivity index (χ2v) is 5.44. The van der Waals surface area contributed by atoms with Gasteiger partial charge in [0.2, 0.25) is 0 Å². The van der Waals surface area contributed by atoms with Crippen molar-refractivity contribution in [1.29, 1.82) is 0 Å². The first-order chi connectivity index (χ1) is 8.29. The molecule has 1 saturated carbocycles. The Bertz CT molecular complexity index is 209. The van der Waals surface area contributed by atoms with Crippen LogP contribution in [0.2, 0.25) is 0 Å². The Morgan fingerprint density at radius 3 is 2.29 bits per heavy atom. The highest BCUT2D eigenvalue weighted by atomic mass is 16.5. The van der Waals surface area contributed by atoms with Gasteiger partial charge in [0, 0.05) is 51.9 Å². The van der Waals surface area contributed by atoms with Gasteiger partial charge in [0.25, 0.3) is 0 Å². The van der Waals surface area contributed by atoms with Gasteiger partial charge in [-0.25, -0.2) is 0 Å². The molecule has 0 radical (unpaired) electrons. The van der Waals surface area contributed by atoms with E-state index < -0.39 is 0 Å². The summed E-state index contributed by atoms with van der Waals surface area (Å²) >= 11 is 0. The Hall–Kier alpha value is -0.160. The number of rotatable bonds is 4. The number of piperazine rings is 1. The minimum Gasteiger partial charge on any atom is -0.383 e. The van der Waals surface area contributed by atoms with Crippen molar-refractivity contribution in [1.82, 2.24) is 9.80 Å². The molecule has 2 rings (SSSR count). The van der Waals surface area contributed by atoms with E-state index in [0.29, 0.717) is 6.04 Å². The molecule has 1 aliphatic heterocycles. The van der Waals surface area contributed by atoms with Crippen molar-refractivity contribution in [3.05, 3.63) is 0 Å². The normalized spacial score (nSPS) is 32.8. The van der Waals surface area contributed by atoms with Crippen LogP contribution in [0.3, 0.4) is 0 Å². The summed E-state index contributed by atoms with van der Waals surface area (Å²) in [6.45, 7) is 6.79. The van der Waals surface area contributed by atoms with Crippen LogP contribution in [0.15, 0.2) is 0 Å². The fourth-order valence-corrected chi connectivity index (χ4v) is 3.04. The van der Waals surface area contributed by atoms with E-state index in [-0.39, 0.29) is 0 Å². The zero-order valence-corrected chi connectivity index (χ0v) is 11.1. The van der Waals surface area contributed by atoms with Crippen LogP contribution in [-0.4, -0.2) is 68.3 Å². The molecule has 2 fully saturated rings. The SMILES string of the molecule is COCCN1CCN(C2CCC(N)CC2)CC1. The lowest BCUT2D eigenvalue weighted by molar-refractivity contribution is 0.0612. The summed E-state index contributed by atoms with van der Waals surface area (Å²) in [5.74, 6) is 0. The molecule has 2 N–H and O–H groups in total. The molecule has 0 amide bonds. The molecule has 0 aromatic rings. The van der Waals surface area contributed by atoms with E-state index in [1.807, 2.05) is 0 Å². The number of nitrogens with zero attached hydrogens (tertiary/aromatic N) is 2. The molecule has 0 unspecified atom stereocenters. The maximum absolute atomic E-state index is 5.96. The van der Waals surface area contributed by atoms with Crippen molar-refractivity contribution in [2.75, 3.05) is 46.4 Å². The van der Waals surface area contributed by atoms with Crippen LogP contribution >= 0.6 is 0 Å². The minimum atomic E-state index is 0.467. The van der Waals surface area contributed by atoms with Crippen molar-refractivity contribution in [2.45, 2.75) is 37.8 Å². The fourth-order valence-electron chi connectivity index (χ4n) is 3.04. The number of ether oxygens (including phenoxy) is 1. The van der Waals surface area contributed by atoms with Crippen molar-refractivity contribution in [3.63, 3.8) is 0 Å². The van der Waals surface area contributed by atoms with Crippen molar-refractivity contribution in [3.8, 4) is 0 Å². The molecule has 1 heterocycles. The summed E-state index contributed by atoms with van der Waals surface area (Å²) in [4.78, 5) is 5.18. The molecular weight excluding hydrogens is 214 g/mol. The van der Waals surface area contributed by atoms with Gasteiger partial charge in [-0.3, -0.25) is 9.80 Å². The summed E-state index contributed by atoms with van der Waals surface area (Å²) in [6, 6.07) is 1.27. The Balaban J connectivity index is 1.68. The topological polar surface area (TPSA) is 41.7 Å². The third-order valence-electron chi connectivity index (χ3n) is 4.28.